The molecule has 14 heavy (non-hydrogen) atoms. The third-order valence-corrected chi connectivity index (χ3v) is 1.44. The standard InChI is InChI=1S/C8H6.2CHNO/c1-2-4-8-6-5-7(8)3-1;2*2-1-3/h1-6H;2*2H. The Bertz CT molecular complexity index is 348. The predicted octanol–water partition coefficient (Wildman–Crippen LogP) is 1.97. The molecule has 4 heteroatoms. The normalized spacial score (nSPS) is 8.29. The molecule has 2 rings (SSSR count). The Labute approximate surface area is 80.9 Å². The molecule has 0 unspecified atom stereocenters. The maximum Gasteiger partial charge on any atom is 0.231 e. The molecule has 0 radical (unpaired) electrons. The van der Waals surface area contributed by atoms with E-state index in [0.29, 0.717) is 0 Å². The quantitative estimate of drug-likeness (QED) is 0.489. The third-order valence-electron chi connectivity index (χ3n) is 1.44. The molecular formula is C10H8N2O2. The largest absolute Gasteiger partial charge is 0.231 e. The van der Waals surface area contributed by atoms with Crippen LogP contribution in [0, 0.1) is 10.8 Å². The fraction of sp³-hybridized carbons (Fsp3) is 0. The lowest BCUT2D eigenvalue weighted by molar-refractivity contribution is 0.562. The van der Waals surface area contributed by atoms with Gasteiger partial charge in [-0.3, -0.25) is 0 Å². The maximum absolute atomic E-state index is 8.35. The van der Waals surface area contributed by atoms with E-state index in [1.165, 1.54) is 11.1 Å². The van der Waals surface area contributed by atoms with Crippen LogP contribution in [0.2, 0.25) is 0 Å². The SMILES string of the molecule is C1=Cc2ccccc21.N=C=O.N=C=O. The maximum atomic E-state index is 8.35. The molecule has 4 nitrogen and oxygen atoms in total. The van der Waals surface area contributed by atoms with Crippen LogP contribution in [0.4, 0.5) is 0 Å². The Morgan fingerprint density at radius 3 is 1.29 bits per heavy atom. The summed E-state index contributed by atoms with van der Waals surface area (Å²) in [7, 11) is 0. The lowest BCUT2D eigenvalue weighted by atomic mass is 9.99. The van der Waals surface area contributed by atoms with Gasteiger partial charge in [-0.15, -0.1) is 0 Å². The summed E-state index contributed by atoms with van der Waals surface area (Å²) in [6, 6.07) is 8.36. The molecule has 0 saturated heterocycles. The molecule has 0 saturated carbocycles. The molecule has 0 bridgehead atoms. The summed E-state index contributed by atoms with van der Waals surface area (Å²) in [6.07, 6.45) is 5.74. The van der Waals surface area contributed by atoms with Crippen molar-refractivity contribution in [1.82, 2.24) is 0 Å². The number of carbonyl (C=O) groups excluding carboxylic acids is 2. The van der Waals surface area contributed by atoms with Crippen LogP contribution in [0.3, 0.4) is 0 Å². The van der Waals surface area contributed by atoms with Crippen LogP contribution < -0.4 is 0 Å². The van der Waals surface area contributed by atoms with E-state index < -0.39 is 0 Å². The van der Waals surface area contributed by atoms with Gasteiger partial charge in [0.25, 0.3) is 0 Å². The van der Waals surface area contributed by atoms with Crippen molar-refractivity contribution in [3.8, 4) is 0 Å². The molecule has 1 aromatic carbocycles. The van der Waals surface area contributed by atoms with Gasteiger partial charge in [0.1, 0.15) is 0 Å². The van der Waals surface area contributed by atoms with E-state index in [-0.39, 0.29) is 0 Å². The van der Waals surface area contributed by atoms with E-state index in [9.17, 15) is 0 Å². The minimum atomic E-state index is 0.750. The van der Waals surface area contributed by atoms with Crippen molar-refractivity contribution in [3.63, 3.8) is 0 Å². The van der Waals surface area contributed by atoms with Gasteiger partial charge >= 0.3 is 0 Å². The third kappa shape index (κ3) is 3.93. The van der Waals surface area contributed by atoms with Crippen molar-refractivity contribution in [3.05, 3.63) is 35.4 Å². The zero-order valence-corrected chi connectivity index (χ0v) is 7.28. The summed E-state index contributed by atoms with van der Waals surface area (Å²) in [5.74, 6) is 0. The van der Waals surface area contributed by atoms with Gasteiger partial charge < -0.3 is 0 Å². The number of benzene rings is 1. The topological polar surface area (TPSA) is 81.8 Å². The fourth-order valence-corrected chi connectivity index (χ4v) is 0.898. The van der Waals surface area contributed by atoms with Crippen molar-refractivity contribution in [2.75, 3.05) is 0 Å². The van der Waals surface area contributed by atoms with Gasteiger partial charge in [0, 0.05) is 0 Å². The van der Waals surface area contributed by atoms with Gasteiger partial charge in [-0.25, -0.2) is 20.4 Å². The first-order valence-electron chi connectivity index (χ1n) is 3.65. The number of isocyanates is 2. The number of nitrogens with one attached hydrogen (secondary N) is 2. The molecular weight excluding hydrogens is 180 g/mol. The summed E-state index contributed by atoms with van der Waals surface area (Å²) < 4.78 is 0. The second-order valence-corrected chi connectivity index (χ2v) is 2.17. The van der Waals surface area contributed by atoms with Crippen molar-refractivity contribution < 1.29 is 9.59 Å². The molecule has 1 aliphatic rings. The number of hydrogen-bond acceptors (Lipinski definition) is 4. The van der Waals surface area contributed by atoms with Crippen LogP contribution >= 0.6 is 0 Å². The second kappa shape index (κ2) is 7.37. The van der Waals surface area contributed by atoms with Gasteiger partial charge in [-0.1, -0.05) is 36.4 Å². The smallest absolute Gasteiger partial charge is 0.222 e. The second-order valence-electron chi connectivity index (χ2n) is 2.17. The summed E-state index contributed by atoms with van der Waals surface area (Å²) in [5, 5.41) is 10.8. The van der Waals surface area contributed by atoms with E-state index in [2.05, 4.69) is 36.4 Å². The minimum absolute atomic E-state index is 0.750. The van der Waals surface area contributed by atoms with Crippen LogP contribution in [0.5, 0.6) is 0 Å². The minimum Gasteiger partial charge on any atom is -0.222 e. The van der Waals surface area contributed by atoms with Crippen LogP contribution in [0.25, 0.3) is 12.2 Å². The Kier molecular flexibility index (Phi) is 6.17. The molecule has 0 aliphatic heterocycles. The van der Waals surface area contributed by atoms with Gasteiger partial charge in [-0.2, -0.15) is 0 Å². The molecule has 1 aliphatic carbocycles. The first kappa shape index (κ1) is 11.7. The monoisotopic (exact) mass is 188 g/mol. The molecule has 0 amide bonds. The molecule has 2 N–H and O–H groups in total. The zero-order valence-electron chi connectivity index (χ0n) is 7.28. The number of fused-ring (bicyclic) bond motifs is 1. The van der Waals surface area contributed by atoms with Crippen LogP contribution in [0.1, 0.15) is 11.1 Å². The van der Waals surface area contributed by atoms with Crippen LogP contribution in [0.15, 0.2) is 24.3 Å². The van der Waals surface area contributed by atoms with Crippen LogP contribution in [-0.2, 0) is 9.59 Å². The Morgan fingerprint density at radius 2 is 1.14 bits per heavy atom. The highest BCUT2D eigenvalue weighted by Gasteiger charge is 1.99. The van der Waals surface area contributed by atoms with Gasteiger partial charge in [0.2, 0.25) is 12.2 Å². The average Bonchev–Trinajstić information content (AvgIpc) is 2.10. The highest BCUT2D eigenvalue weighted by Crippen LogP contribution is 2.21. The average molecular weight is 188 g/mol. The van der Waals surface area contributed by atoms with Gasteiger partial charge in [-0.05, 0) is 11.1 Å². The molecule has 0 atom stereocenters. The summed E-state index contributed by atoms with van der Waals surface area (Å²) >= 11 is 0. The highest BCUT2D eigenvalue weighted by molar-refractivity contribution is 5.85. The van der Waals surface area contributed by atoms with Crippen molar-refractivity contribution >= 4 is 24.3 Å². The molecule has 0 heterocycles. The zero-order chi connectivity index (χ0) is 10.8. The van der Waals surface area contributed by atoms with Crippen molar-refractivity contribution in [1.29, 1.82) is 10.8 Å². The predicted molar refractivity (Wildman–Crippen MR) is 52.2 cm³/mol. The lowest BCUT2D eigenvalue weighted by Crippen LogP contribution is -1.85. The van der Waals surface area contributed by atoms with E-state index in [0.717, 1.165) is 12.2 Å². The molecule has 0 spiro atoms. The van der Waals surface area contributed by atoms with Crippen LogP contribution in [-0.4, -0.2) is 12.2 Å². The summed E-state index contributed by atoms with van der Waals surface area (Å²) in [5.41, 5.74) is 2.74. The Morgan fingerprint density at radius 1 is 0.857 bits per heavy atom. The number of hydrogen-bond donors (Lipinski definition) is 2. The Hall–Kier alpha value is -2.28. The highest BCUT2D eigenvalue weighted by atomic mass is 16.1. The molecule has 0 aromatic heterocycles. The first-order valence-corrected chi connectivity index (χ1v) is 3.65. The molecule has 1 aromatic rings. The molecule has 0 fully saturated rings. The van der Waals surface area contributed by atoms with Crippen molar-refractivity contribution in [2.24, 2.45) is 0 Å². The van der Waals surface area contributed by atoms with E-state index in [4.69, 9.17) is 20.4 Å². The van der Waals surface area contributed by atoms with E-state index >= 15 is 0 Å². The van der Waals surface area contributed by atoms with E-state index in [1.807, 2.05) is 0 Å². The Balaban J connectivity index is 0.000000242. The molecule has 70 valence electrons. The number of rotatable bonds is 0. The lowest BCUT2D eigenvalue weighted by Gasteiger charge is -2.06. The summed E-state index contributed by atoms with van der Waals surface area (Å²) in [6.45, 7) is 0. The van der Waals surface area contributed by atoms with Gasteiger partial charge in [0.15, 0.2) is 0 Å². The van der Waals surface area contributed by atoms with Crippen molar-refractivity contribution in [2.45, 2.75) is 0 Å². The first-order chi connectivity index (χ1) is 6.79. The fourth-order valence-electron chi connectivity index (χ4n) is 0.898. The van der Waals surface area contributed by atoms with E-state index in [1.54, 1.807) is 0 Å². The summed E-state index contributed by atoms with van der Waals surface area (Å²) in [4.78, 5) is 16.7. The van der Waals surface area contributed by atoms with Gasteiger partial charge in [0.05, 0.1) is 0 Å².